The molecule has 1 aromatic rings. The molecule has 18 nitrogen and oxygen atoms in total. The molecule has 0 radical (unpaired) electrons. The summed E-state index contributed by atoms with van der Waals surface area (Å²) in [4.78, 5) is 13.9. The minimum atomic E-state index is -1.60. The molecule has 7 aliphatic rings. The van der Waals surface area contributed by atoms with Gasteiger partial charge in [0, 0.05) is 50.9 Å². The number of carbonyl (C=O) groups excluding carboxylic acids is 1. The number of rotatable bonds is 12. The highest BCUT2D eigenvalue weighted by molar-refractivity contribution is 5.89. The number of hydrogen-bond acceptors (Lipinski definition) is 18. The van der Waals surface area contributed by atoms with Crippen LogP contribution < -0.4 is 0 Å². The predicted octanol–water partition coefficient (Wildman–Crippen LogP) is 1.89. The predicted molar refractivity (Wildman–Crippen MR) is 221 cm³/mol. The van der Waals surface area contributed by atoms with Crippen molar-refractivity contribution >= 4 is 5.78 Å². The van der Waals surface area contributed by atoms with Crippen LogP contribution in [-0.2, 0) is 52.2 Å². The Balaban J connectivity index is 0.823. The van der Waals surface area contributed by atoms with Crippen molar-refractivity contribution in [2.45, 2.75) is 209 Å². The summed E-state index contributed by atoms with van der Waals surface area (Å²) >= 11 is 0. The van der Waals surface area contributed by atoms with Crippen LogP contribution in [0.1, 0.15) is 96.3 Å². The standard InChI is InChI=1S/C46H70O18/c1-20-25(12-13-56-20)26-10-11-28-27(38(26)50)9-8-24-14-31(30(49)18-46(24,28)5)60-36-16-32(54-6)43(22(3)58-36)63-35-15-29(48)42(21(2)57-35)62-37-17-33(55-7)44(23(4)59-37)64-45-41(53)40(52)39(51)34(19-47)61-45/h8,12-13,21-23,26-37,39-45,47-49,51-53H,9-11,14-19H2,1-7H3/t21-,22-,23+,26-,27-,28+,29+,30-,31-,32+,33-,34-,35+,36+,37+,39-,40+,41-,42-,43-,44+,45+,46+/m1/s1. The fourth-order valence-corrected chi connectivity index (χ4v) is 11.9. The van der Waals surface area contributed by atoms with E-state index in [1.165, 1.54) is 12.7 Å². The maximum absolute atomic E-state index is 13.9. The van der Waals surface area contributed by atoms with Crippen molar-refractivity contribution in [3.05, 3.63) is 35.3 Å². The van der Waals surface area contributed by atoms with E-state index < -0.39 is 123 Å². The van der Waals surface area contributed by atoms with E-state index in [4.69, 9.17) is 51.8 Å². The molecule has 0 unspecified atom stereocenters. The van der Waals surface area contributed by atoms with Gasteiger partial charge in [-0.25, -0.2) is 0 Å². The first-order chi connectivity index (χ1) is 30.5. The van der Waals surface area contributed by atoms with Gasteiger partial charge in [0.05, 0.1) is 61.7 Å². The van der Waals surface area contributed by atoms with Crippen LogP contribution in [0.15, 0.2) is 28.4 Å². The Bertz CT molecular complexity index is 1740. The Morgan fingerprint density at radius 3 is 1.95 bits per heavy atom. The molecule has 64 heavy (non-hydrogen) atoms. The highest BCUT2D eigenvalue weighted by Crippen LogP contribution is 2.58. The number of Topliss-reactive ketones (excluding diaryl/α,β-unsaturated/α-hetero) is 1. The van der Waals surface area contributed by atoms with E-state index in [-0.39, 0.29) is 41.8 Å². The molecular weight excluding hydrogens is 840 g/mol. The van der Waals surface area contributed by atoms with E-state index in [0.29, 0.717) is 25.7 Å². The summed E-state index contributed by atoms with van der Waals surface area (Å²) < 4.78 is 66.8. The van der Waals surface area contributed by atoms with Crippen molar-refractivity contribution in [1.82, 2.24) is 0 Å². The first kappa shape index (κ1) is 48.5. The van der Waals surface area contributed by atoms with Crippen LogP contribution in [0.4, 0.5) is 0 Å². The third-order valence-corrected chi connectivity index (χ3v) is 15.5. The summed E-state index contributed by atoms with van der Waals surface area (Å²) in [5.74, 6) is 1.00. The number of allylic oxidation sites excluding steroid dienone is 1. The second-order valence-corrected chi connectivity index (χ2v) is 19.3. The van der Waals surface area contributed by atoms with E-state index in [1.807, 2.05) is 19.9 Å². The number of furan rings is 1. The smallest absolute Gasteiger partial charge is 0.187 e. The first-order valence-electron chi connectivity index (χ1n) is 23.1. The number of carbonyl (C=O) groups is 1. The Labute approximate surface area is 374 Å². The topological polar surface area (TPSA) is 244 Å². The molecule has 4 saturated heterocycles. The molecule has 0 spiro atoms. The minimum absolute atomic E-state index is 0.0886. The van der Waals surface area contributed by atoms with Crippen LogP contribution >= 0.6 is 0 Å². The molecule has 8 rings (SSSR count). The van der Waals surface area contributed by atoms with Crippen LogP contribution in [0.5, 0.6) is 0 Å². The van der Waals surface area contributed by atoms with Gasteiger partial charge in [-0.2, -0.15) is 0 Å². The fourth-order valence-electron chi connectivity index (χ4n) is 11.9. The lowest BCUT2D eigenvalue weighted by Gasteiger charge is -2.54. The average molecular weight is 911 g/mol. The largest absolute Gasteiger partial charge is 0.469 e. The molecule has 0 bridgehead atoms. The second kappa shape index (κ2) is 19.9. The van der Waals surface area contributed by atoms with Gasteiger partial charge in [0.15, 0.2) is 25.2 Å². The van der Waals surface area contributed by atoms with Crippen molar-refractivity contribution in [2.24, 2.45) is 17.3 Å². The van der Waals surface area contributed by atoms with E-state index in [9.17, 15) is 35.4 Å². The molecule has 6 fully saturated rings. The Hall–Kier alpha value is -1.95. The Morgan fingerprint density at radius 2 is 1.34 bits per heavy atom. The summed E-state index contributed by atoms with van der Waals surface area (Å²) in [6.45, 7) is 8.91. The number of hydrogen-bond donors (Lipinski definition) is 6. The van der Waals surface area contributed by atoms with Crippen LogP contribution in [0, 0.1) is 24.2 Å². The Morgan fingerprint density at radius 1 is 0.734 bits per heavy atom. The van der Waals surface area contributed by atoms with Gasteiger partial charge in [0.2, 0.25) is 0 Å². The maximum Gasteiger partial charge on any atom is 0.187 e. The van der Waals surface area contributed by atoms with Gasteiger partial charge < -0.3 is 82.4 Å². The van der Waals surface area contributed by atoms with Gasteiger partial charge in [-0.3, -0.25) is 4.79 Å². The molecule has 0 amide bonds. The number of ether oxygens (including phenoxy) is 10. The SMILES string of the molecule is CO[C@H]1C[C@H](O[C@@H]2CC3=CC[C@H]4C(=O)[C@@H](c5ccoc5C)CC[C@@H]4[C@@]3(C)C[C@H]2O)O[C@H](C)[C@H]1O[C@H]1C[C@H](O)[C@H](O[C@H]2C[C@@H](OC)[C@@H](O[C@@H]3O[C@H](CO)[C@@H](O)[C@H](O)[C@H]3O)[C@H](C)O2)[C@@H](C)O1. The molecule has 23 atom stereocenters. The molecule has 362 valence electrons. The van der Waals surface area contributed by atoms with Gasteiger partial charge in [0.25, 0.3) is 0 Å². The zero-order chi connectivity index (χ0) is 45.8. The van der Waals surface area contributed by atoms with Crippen LogP contribution in [0.25, 0.3) is 0 Å². The second-order valence-electron chi connectivity index (χ2n) is 19.3. The van der Waals surface area contributed by atoms with E-state index in [2.05, 4.69) is 13.0 Å². The molecule has 3 aliphatic carbocycles. The van der Waals surface area contributed by atoms with Crippen molar-refractivity contribution < 1.29 is 87.2 Å². The van der Waals surface area contributed by atoms with Gasteiger partial charge in [-0.05, 0) is 77.2 Å². The monoisotopic (exact) mass is 910 g/mol. The van der Waals surface area contributed by atoms with Gasteiger partial charge in [-0.15, -0.1) is 0 Å². The van der Waals surface area contributed by atoms with Gasteiger partial charge in [0.1, 0.15) is 54.3 Å². The number of ketones is 1. The lowest BCUT2D eigenvalue weighted by molar-refractivity contribution is -0.356. The molecule has 18 heteroatoms. The summed E-state index contributed by atoms with van der Waals surface area (Å²) in [5, 5.41) is 63.5. The summed E-state index contributed by atoms with van der Waals surface area (Å²) in [6, 6.07) is 1.93. The van der Waals surface area contributed by atoms with Crippen molar-refractivity contribution in [3.63, 3.8) is 0 Å². The highest BCUT2D eigenvalue weighted by Gasteiger charge is 2.55. The van der Waals surface area contributed by atoms with Crippen LogP contribution in [0.2, 0.25) is 0 Å². The molecule has 0 aromatic carbocycles. The lowest BCUT2D eigenvalue weighted by atomic mass is 9.51. The van der Waals surface area contributed by atoms with Crippen molar-refractivity contribution in [1.29, 1.82) is 0 Å². The van der Waals surface area contributed by atoms with Gasteiger partial charge in [-0.1, -0.05) is 18.6 Å². The summed E-state index contributed by atoms with van der Waals surface area (Å²) in [6.07, 6.45) is -8.82. The minimum Gasteiger partial charge on any atom is -0.469 e. The Kier molecular flexibility index (Phi) is 15.1. The maximum atomic E-state index is 13.9. The number of methoxy groups -OCH3 is 2. The lowest BCUT2D eigenvalue weighted by Crippen LogP contribution is -2.62. The quantitative estimate of drug-likeness (QED) is 0.164. The summed E-state index contributed by atoms with van der Waals surface area (Å²) in [7, 11) is 3.09. The van der Waals surface area contributed by atoms with Crippen LogP contribution in [0.3, 0.4) is 0 Å². The van der Waals surface area contributed by atoms with E-state index >= 15 is 0 Å². The molecular formula is C46H70O18. The highest BCUT2D eigenvalue weighted by atomic mass is 16.8. The first-order valence-corrected chi connectivity index (χ1v) is 23.1. The number of aliphatic hydroxyl groups excluding tert-OH is 6. The molecule has 5 heterocycles. The van der Waals surface area contributed by atoms with Crippen molar-refractivity contribution in [2.75, 3.05) is 20.8 Å². The third kappa shape index (κ3) is 9.43. The number of aliphatic hydroxyl groups is 6. The average Bonchev–Trinajstić information content (AvgIpc) is 3.69. The third-order valence-electron chi connectivity index (χ3n) is 15.5. The molecule has 1 aromatic heterocycles. The molecule has 2 saturated carbocycles. The van der Waals surface area contributed by atoms with E-state index in [0.717, 1.165) is 24.2 Å². The fraction of sp³-hybridized carbons (Fsp3) is 0.848. The normalized spacial score (nSPS) is 48.9. The summed E-state index contributed by atoms with van der Waals surface area (Å²) in [5.41, 5.74) is 1.93. The molecule has 4 aliphatic heterocycles. The van der Waals surface area contributed by atoms with Gasteiger partial charge >= 0.3 is 0 Å². The molecule has 6 N–H and O–H groups in total. The van der Waals surface area contributed by atoms with Crippen LogP contribution in [-0.4, -0.2) is 174 Å². The zero-order valence-corrected chi connectivity index (χ0v) is 37.9. The van der Waals surface area contributed by atoms with E-state index in [1.54, 1.807) is 27.2 Å². The zero-order valence-electron chi connectivity index (χ0n) is 37.9. The number of aryl methyl sites for hydroxylation is 1. The van der Waals surface area contributed by atoms with Crippen molar-refractivity contribution in [3.8, 4) is 0 Å². The number of fused-ring (bicyclic) bond motifs is 3.